The molecule has 18 heavy (non-hydrogen) atoms. The van der Waals surface area contributed by atoms with E-state index in [0.29, 0.717) is 11.6 Å². The van der Waals surface area contributed by atoms with E-state index in [9.17, 15) is 4.79 Å². The number of H-pyrrole nitrogens is 1. The third kappa shape index (κ3) is 3.46. The minimum atomic E-state index is -0.0819. The molecule has 1 aromatic rings. The van der Waals surface area contributed by atoms with Gasteiger partial charge >= 0.3 is 0 Å². The van der Waals surface area contributed by atoms with Gasteiger partial charge in [0.05, 0.1) is 0 Å². The Morgan fingerprint density at radius 1 is 1.61 bits per heavy atom. The van der Waals surface area contributed by atoms with Gasteiger partial charge in [0, 0.05) is 18.3 Å². The van der Waals surface area contributed by atoms with Crippen molar-refractivity contribution in [1.82, 2.24) is 20.8 Å². The number of nitrogens with zero attached hydrogens (tertiary/aromatic N) is 1. The summed E-state index contributed by atoms with van der Waals surface area (Å²) in [4.78, 5) is 12.0. The number of nitrogens with one attached hydrogen (secondary N) is 3. The van der Waals surface area contributed by atoms with Gasteiger partial charge in [-0.3, -0.25) is 9.89 Å². The molecule has 0 aromatic carbocycles. The number of hydrogen-bond donors (Lipinski definition) is 3. The first-order valence-corrected chi connectivity index (χ1v) is 6.26. The summed E-state index contributed by atoms with van der Waals surface area (Å²) < 4.78 is 0. The van der Waals surface area contributed by atoms with Crippen molar-refractivity contribution in [3.05, 3.63) is 17.5 Å². The molecule has 2 unspecified atom stereocenters. The van der Waals surface area contributed by atoms with Crippen LogP contribution in [-0.2, 0) is 6.42 Å². The Labute approximate surface area is 114 Å². The summed E-state index contributed by atoms with van der Waals surface area (Å²) in [7, 11) is 0. The lowest BCUT2D eigenvalue weighted by atomic mass is 9.95. The summed E-state index contributed by atoms with van der Waals surface area (Å²) in [5, 5.41) is 13.2. The normalized spacial score (nSPS) is 23.2. The van der Waals surface area contributed by atoms with E-state index in [2.05, 4.69) is 27.8 Å². The van der Waals surface area contributed by atoms with Gasteiger partial charge in [0.15, 0.2) is 0 Å². The van der Waals surface area contributed by atoms with E-state index in [0.717, 1.165) is 31.6 Å². The van der Waals surface area contributed by atoms with E-state index >= 15 is 0 Å². The molecule has 102 valence electrons. The molecular weight excluding hydrogens is 252 g/mol. The lowest BCUT2D eigenvalue weighted by molar-refractivity contribution is 0.0910. The van der Waals surface area contributed by atoms with Gasteiger partial charge in [-0.2, -0.15) is 5.10 Å². The van der Waals surface area contributed by atoms with Gasteiger partial charge in [0.25, 0.3) is 5.91 Å². The smallest absolute Gasteiger partial charge is 0.272 e. The number of amides is 1. The summed E-state index contributed by atoms with van der Waals surface area (Å²) >= 11 is 0. The third-order valence-electron chi connectivity index (χ3n) is 3.39. The fraction of sp³-hybridized carbons (Fsp3) is 0.667. The minimum absolute atomic E-state index is 0. The maximum Gasteiger partial charge on any atom is 0.272 e. The SMILES string of the molecule is CCc1cc(C(=O)NC2CNCCC2C)n[nH]1.Cl. The number of aromatic amines is 1. The topological polar surface area (TPSA) is 69.8 Å². The van der Waals surface area contributed by atoms with Gasteiger partial charge in [0.2, 0.25) is 0 Å². The Kier molecular flexibility index (Phi) is 5.62. The lowest BCUT2D eigenvalue weighted by Crippen LogP contribution is -2.50. The van der Waals surface area contributed by atoms with E-state index < -0.39 is 0 Å². The highest BCUT2D eigenvalue weighted by Crippen LogP contribution is 2.12. The molecule has 0 saturated carbocycles. The predicted molar refractivity (Wildman–Crippen MR) is 73.1 cm³/mol. The molecule has 2 rings (SSSR count). The number of aryl methyl sites for hydroxylation is 1. The Bertz CT molecular complexity index is 393. The van der Waals surface area contributed by atoms with E-state index in [1.54, 1.807) is 0 Å². The maximum absolute atomic E-state index is 12.0. The van der Waals surface area contributed by atoms with Gasteiger partial charge in [-0.05, 0) is 31.4 Å². The highest BCUT2D eigenvalue weighted by Gasteiger charge is 2.23. The zero-order chi connectivity index (χ0) is 12.3. The molecule has 0 spiro atoms. The van der Waals surface area contributed by atoms with Crippen LogP contribution in [0, 0.1) is 5.92 Å². The fourth-order valence-electron chi connectivity index (χ4n) is 2.08. The highest BCUT2D eigenvalue weighted by atomic mass is 35.5. The maximum atomic E-state index is 12.0. The number of carbonyl (C=O) groups excluding carboxylic acids is 1. The molecule has 0 radical (unpaired) electrons. The second-order valence-electron chi connectivity index (χ2n) is 4.68. The van der Waals surface area contributed by atoms with Crippen molar-refractivity contribution in [2.75, 3.05) is 13.1 Å². The molecule has 5 nitrogen and oxygen atoms in total. The molecule has 1 saturated heterocycles. The molecule has 1 aliphatic heterocycles. The Morgan fingerprint density at radius 3 is 3.00 bits per heavy atom. The van der Waals surface area contributed by atoms with Crippen molar-refractivity contribution in [2.24, 2.45) is 5.92 Å². The van der Waals surface area contributed by atoms with Crippen LogP contribution < -0.4 is 10.6 Å². The average Bonchev–Trinajstić information content (AvgIpc) is 2.81. The van der Waals surface area contributed by atoms with Crippen molar-refractivity contribution in [1.29, 1.82) is 0 Å². The molecule has 1 aliphatic rings. The van der Waals surface area contributed by atoms with Crippen molar-refractivity contribution >= 4 is 18.3 Å². The second kappa shape index (κ2) is 6.75. The van der Waals surface area contributed by atoms with Gasteiger partial charge in [-0.25, -0.2) is 0 Å². The van der Waals surface area contributed by atoms with E-state index in [-0.39, 0.29) is 24.4 Å². The lowest BCUT2D eigenvalue weighted by Gasteiger charge is -2.29. The second-order valence-corrected chi connectivity index (χ2v) is 4.68. The molecule has 1 amide bonds. The molecule has 1 aromatic heterocycles. The van der Waals surface area contributed by atoms with Crippen LogP contribution in [0.5, 0.6) is 0 Å². The van der Waals surface area contributed by atoms with Crippen molar-refractivity contribution < 1.29 is 4.79 Å². The van der Waals surface area contributed by atoms with Crippen molar-refractivity contribution in [3.8, 4) is 0 Å². The summed E-state index contributed by atoms with van der Waals surface area (Å²) in [5.41, 5.74) is 1.48. The van der Waals surface area contributed by atoms with Crippen LogP contribution in [0.15, 0.2) is 6.07 Å². The molecular formula is C12H21ClN4O. The molecule has 2 heterocycles. The standard InChI is InChI=1S/C12H20N4O.ClH/c1-3-9-6-10(16-15-9)12(17)14-11-7-13-5-4-8(11)2;/h6,8,11,13H,3-5,7H2,1-2H3,(H,14,17)(H,15,16);1H. The van der Waals surface area contributed by atoms with Gasteiger partial charge in [-0.15, -0.1) is 12.4 Å². The monoisotopic (exact) mass is 272 g/mol. The van der Waals surface area contributed by atoms with Crippen LogP contribution >= 0.6 is 12.4 Å². The van der Waals surface area contributed by atoms with Crippen LogP contribution in [0.4, 0.5) is 0 Å². The third-order valence-corrected chi connectivity index (χ3v) is 3.39. The molecule has 0 bridgehead atoms. The zero-order valence-corrected chi connectivity index (χ0v) is 11.6. The van der Waals surface area contributed by atoms with Gasteiger partial charge in [-0.1, -0.05) is 13.8 Å². The van der Waals surface area contributed by atoms with Gasteiger partial charge < -0.3 is 10.6 Å². The number of carbonyl (C=O) groups is 1. The average molecular weight is 273 g/mol. The molecule has 1 fully saturated rings. The number of hydrogen-bond acceptors (Lipinski definition) is 3. The number of halogens is 1. The first-order valence-electron chi connectivity index (χ1n) is 6.26. The summed E-state index contributed by atoms with van der Waals surface area (Å²) in [6, 6.07) is 2.02. The number of aromatic nitrogens is 2. The van der Waals surface area contributed by atoms with Crippen LogP contribution in [0.3, 0.4) is 0 Å². The van der Waals surface area contributed by atoms with Crippen LogP contribution in [0.1, 0.15) is 36.5 Å². The summed E-state index contributed by atoms with van der Waals surface area (Å²) in [5.74, 6) is 0.436. The van der Waals surface area contributed by atoms with Crippen LogP contribution in [-0.4, -0.2) is 35.2 Å². The number of piperidine rings is 1. The largest absolute Gasteiger partial charge is 0.346 e. The molecule has 0 aliphatic carbocycles. The van der Waals surface area contributed by atoms with Crippen molar-refractivity contribution in [2.45, 2.75) is 32.7 Å². The highest BCUT2D eigenvalue weighted by molar-refractivity contribution is 5.92. The molecule has 2 atom stereocenters. The van der Waals surface area contributed by atoms with Crippen molar-refractivity contribution in [3.63, 3.8) is 0 Å². The van der Waals surface area contributed by atoms with E-state index in [4.69, 9.17) is 0 Å². The number of rotatable bonds is 3. The Morgan fingerprint density at radius 2 is 2.39 bits per heavy atom. The summed E-state index contributed by atoms with van der Waals surface area (Å²) in [6.45, 7) is 6.09. The summed E-state index contributed by atoms with van der Waals surface area (Å²) in [6.07, 6.45) is 1.97. The van der Waals surface area contributed by atoms with Gasteiger partial charge in [0.1, 0.15) is 5.69 Å². The fourth-order valence-corrected chi connectivity index (χ4v) is 2.08. The zero-order valence-electron chi connectivity index (χ0n) is 10.8. The quantitative estimate of drug-likeness (QED) is 0.772. The predicted octanol–water partition coefficient (Wildman–Crippen LogP) is 1.12. The first-order chi connectivity index (χ1) is 8.20. The Balaban J connectivity index is 0.00000162. The van der Waals surface area contributed by atoms with E-state index in [1.165, 1.54) is 0 Å². The first kappa shape index (κ1) is 15.0. The van der Waals surface area contributed by atoms with Crippen LogP contribution in [0.25, 0.3) is 0 Å². The minimum Gasteiger partial charge on any atom is -0.346 e. The van der Waals surface area contributed by atoms with E-state index in [1.807, 2.05) is 13.0 Å². The Hall–Kier alpha value is -1.07. The molecule has 6 heteroatoms. The molecule has 3 N–H and O–H groups in total. The van der Waals surface area contributed by atoms with Crippen LogP contribution in [0.2, 0.25) is 0 Å².